The lowest BCUT2D eigenvalue weighted by Gasteiger charge is -2.36. The summed E-state index contributed by atoms with van der Waals surface area (Å²) in [7, 11) is 1.96. The van der Waals surface area contributed by atoms with Gasteiger partial charge in [-0.15, -0.1) is 0 Å². The highest BCUT2D eigenvalue weighted by atomic mass is 15.3. The molecule has 1 aliphatic rings. The molecule has 2 rings (SSSR count). The molecule has 2 heterocycles. The van der Waals surface area contributed by atoms with Crippen molar-refractivity contribution in [3.63, 3.8) is 0 Å². The fourth-order valence-corrected chi connectivity index (χ4v) is 2.58. The van der Waals surface area contributed by atoms with Crippen LogP contribution in [0.3, 0.4) is 0 Å². The molecule has 2 N–H and O–H groups in total. The Kier molecular flexibility index (Phi) is 4.19. The second-order valence-electron chi connectivity index (χ2n) is 5.26. The van der Waals surface area contributed by atoms with Crippen LogP contribution in [-0.4, -0.2) is 33.8 Å². The lowest BCUT2D eigenvalue weighted by molar-refractivity contribution is 0.182. The van der Waals surface area contributed by atoms with Gasteiger partial charge in [0.05, 0.1) is 12.2 Å². The Morgan fingerprint density at radius 2 is 2.28 bits per heavy atom. The van der Waals surface area contributed by atoms with E-state index in [1.165, 1.54) is 11.1 Å². The third kappa shape index (κ3) is 2.82. The molecule has 0 amide bonds. The average molecular weight is 248 g/mol. The van der Waals surface area contributed by atoms with Gasteiger partial charge in [-0.05, 0) is 19.8 Å². The number of hydrogen-bond donors (Lipinski definition) is 1. The zero-order valence-corrected chi connectivity index (χ0v) is 11.6. The molecule has 0 bridgehead atoms. The second kappa shape index (κ2) is 5.67. The van der Waals surface area contributed by atoms with E-state index >= 15 is 0 Å². The van der Waals surface area contributed by atoms with Crippen LogP contribution in [0.5, 0.6) is 0 Å². The van der Waals surface area contributed by atoms with Crippen LogP contribution in [0.15, 0.2) is 24.0 Å². The van der Waals surface area contributed by atoms with Crippen molar-refractivity contribution in [3.05, 3.63) is 29.6 Å². The topological polar surface area (TPSA) is 47.1 Å². The molecule has 0 aromatic carbocycles. The van der Waals surface area contributed by atoms with Crippen molar-refractivity contribution in [2.45, 2.75) is 38.8 Å². The standard InChI is InChI=1S/C14H24N4/c1-4-13(15)14(12-9-16-17(3)10-12)18-7-5-11(2)6-8-18/h5,9-10,13-14H,4,6-8,15H2,1-3H3. The maximum absolute atomic E-state index is 6.32. The average Bonchev–Trinajstić information content (AvgIpc) is 2.78. The number of nitrogens with two attached hydrogens (primary N) is 1. The van der Waals surface area contributed by atoms with Crippen molar-refractivity contribution >= 4 is 0 Å². The monoisotopic (exact) mass is 248 g/mol. The molecule has 18 heavy (non-hydrogen) atoms. The first-order chi connectivity index (χ1) is 8.61. The van der Waals surface area contributed by atoms with E-state index in [0.717, 1.165) is 25.9 Å². The summed E-state index contributed by atoms with van der Waals surface area (Å²) in [6.45, 7) is 6.45. The first-order valence-electron chi connectivity index (χ1n) is 6.75. The predicted octanol–water partition coefficient (Wildman–Crippen LogP) is 1.85. The molecule has 4 nitrogen and oxygen atoms in total. The van der Waals surface area contributed by atoms with Crippen LogP contribution in [0.2, 0.25) is 0 Å². The molecule has 0 saturated carbocycles. The van der Waals surface area contributed by atoms with Gasteiger partial charge < -0.3 is 5.73 Å². The van der Waals surface area contributed by atoms with E-state index in [2.05, 4.69) is 36.1 Å². The van der Waals surface area contributed by atoms with E-state index in [0.29, 0.717) is 0 Å². The van der Waals surface area contributed by atoms with Crippen molar-refractivity contribution in [1.82, 2.24) is 14.7 Å². The Bertz CT molecular complexity index is 421. The highest BCUT2D eigenvalue weighted by Gasteiger charge is 2.27. The molecule has 0 radical (unpaired) electrons. The van der Waals surface area contributed by atoms with E-state index in [9.17, 15) is 0 Å². The van der Waals surface area contributed by atoms with Crippen LogP contribution in [0.1, 0.15) is 38.3 Å². The predicted molar refractivity (Wildman–Crippen MR) is 74.2 cm³/mol. The summed E-state index contributed by atoms with van der Waals surface area (Å²) in [6, 6.07) is 0.453. The molecule has 0 aliphatic carbocycles. The summed E-state index contributed by atoms with van der Waals surface area (Å²) >= 11 is 0. The van der Waals surface area contributed by atoms with E-state index in [1.54, 1.807) is 0 Å². The van der Waals surface area contributed by atoms with Crippen LogP contribution in [-0.2, 0) is 7.05 Å². The Labute approximate surface area is 109 Å². The van der Waals surface area contributed by atoms with Crippen LogP contribution >= 0.6 is 0 Å². The van der Waals surface area contributed by atoms with E-state index < -0.39 is 0 Å². The van der Waals surface area contributed by atoms with Crippen molar-refractivity contribution in [3.8, 4) is 0 Å². The quantitative estimate of drug-likeness (QED) is 0.827. The highest BCUT2D eigenvalue weighted by molar-refractivity contribution is 5.16. The molecule has 4 heteroatoms. The molecule has 0 fully saturated rings. The number of nitrogens with zero attached hydrogens (tertiary/aromatic N) is 3. The number of rotatable bonds is 4. The van der Waals surface area contributed by atoms with Crippen LogP contribution in [0, 0.1) is 0 Å². The van der Waals surface area contributed by atoms with Gasteiger partial charge in [0.25, 0.3) is 0 Å². The van der Waals surface area contributed by atoms with Crippen molar-refractivity contribution in [2.75, 3.05) is 13.1 Å². The third-order valence-corrected chi connectivity index (χ3v) is 3.80. The van der Waals surface area contributed by atoms with Gasteiger partial charge in [0.1, 0.15) is 0 Å². The fraction of sp³-hybridized carbons (Fsp3) is 0.643. The van der Waals surface area contributed by atoms with Crippen LogP contribution in [0.4, 0.5) is 0 Å². The highest BCUT2D eigenvalue weighted by Crippen LogP contribution is 2.27. The maximum Gasteiger partial charge on any atom is 0.0538 e. The lowest BCUT2D eigenvalue weighted by atomic mass is 9.97. The van der Waals surface area contributed by atoms with E-state index in [1.807, 2.05) is 17.9 Å². The minimum Gasteiger partial charge on any atom is -0.326 e. The molecular formula is C14H24N4. The van der Waals surface area contributed by atoms with Crippen LogP contribution < -0.4 is 5.73 Å². The Morgan fingerprint density at radius 1 is 1.50 bits per heavy atom. The summed E-state index contributed by atoms with van der Waals surface area (Å²) in [6.07, 6.45) is 8.48. The summed E-state index contributed by atoms with van der Waals surface area (Å²) in [5.74, 6) is 0. The van der Waals surface area contributed by atoms with Gasteiger partial charge in [-0.25, -0.2) is 0 Å². The zero-order chi connectivity index (χ0) is 13.1. The Hall–Kier alpha value is -1.13. The largest absolute Gasteiger partial charge is 0.326 e. The SMILES string of the molecule is CCC(N)C(c1cnn(C)c1)N1CC=C(C)CC1. The van der Waals surface area contributed by atoms with Crippen molar-refractivity contribution in [1.29, 1.82) is 0 Å². The molecule has 1 aromatic heterocycles. The summed E-state index contributed by atoms with van der Waals surface area (Å²) in [5.41, 5.74) is 9.05. The number of aromatic nitrogens is 2. The van der Waals surface area contributed by atoms with Gasteiger partial charge in [0.15, 0.2) is 0 Å². The molecule has 100 valence electrons. The Balaban J connectivity index is 2.20. The first kappa shape index (κ1) is 13.3. The molecule has 1 aromatic rings. The first-order valence-corrected chi connectivity index (χ1v) is 6.75. The number of aryl methyl sites for hydroxylation is 1. The summed E-state index contributed by atoms with van der Waals surface area (Å²) < 4.78 is 1.86. The minimum atomic E-state index is 0.168. The minimum absolute atomic E-state index is 0.168. The number of hydrogen-bond acceptors (Lipinski definition) is 3. The zero-order valence-electron chi connectivity index (χ0n) is 11.6. The normalized spacial score (nSPS) is 20.6. The van der Waals surface area contributed by atoms with Gasteiger partial charge >= 0.3 is 0 Å². The molecule has 2 unspecified atom stereocenters. The van der Waals surface area contributed by atoms with Gasteiger partial charge in [-0.1, -0.05) is 18.6 Å². The van der Waals surface area contributed by atoms with Crippen molar-refractivity contribution in [2.24, 2.45) is 12.8 Å². The van der Waals surface area contributed by atoms with Crippen LogP contribution in [0.25, 0.3) is 0 Å². The smallest absolute Gasteiger partial charge is 0.0538 e. The summed E-state index contributed by atoms with van der Waals surface area (Å²) in [5, 5.41) is 4.28. The van der Waals surface area contributed by atoms with Gasteiger partial charge in [-0.3, -0.25) is 9.58 Å². The molecule has 0 spiro atoms. The molecule has 0 saturated heterocycles. The van der Waals surface area contributed by atoms with Crippen molar-refractivity contribution < 1.29 is 0 Å². The van der Waals surface area contributed by atoms with E-state index in [-0.39, 0.29) is 12.1 Å². The van der Waals surface area contributed by atoms with E-state index in [4.69, 9.17) is 5.73 Å². The van der Waals surface area contributed by atoms with Gasteiger partial charge in [0.2, 0.25) is 0 Å². The molecule has 1 aliphatic heterocycles. The van der Waals surface area contributed by atoms with Gasteiger partial charge in [0, 0.05) is 37.9 Å². The third-order valence-electron chi connectivity index (χ3n) is 3.80. The molecular weight excluding hydrogens is 224 g/mol. The van der Waals surface area contributed by atoms with Gasteiger partial charge in [-0.2, -0.15) is 5.10 Å². The summed E-state index contributed by atoms with van der Waals surface area (Å²) in [4.78, 5) is 2.47. The molecule has 2 atom stereocenters. The maximum atomic E-state index is 6.32. The Morgan fingerprint density at radius 3 is 2.78 bits per heavy atom. The lowest BCUT2D eigenvalue weighted by Crippen LogP contribution is -2.42. The second-order valence-corrected chi connectivity index (χ2v) is 5.26. The fourth-order valence-electron chi connectivity index (χ4n) is 2.58.